The highest BCUT2D eigenvalue weighted by Crippen LogP contribution is 2.21. The summed E-state index contributed by atoms with van der Waals surface area (Å²) in [5.41, 5.74) is 5.09. The molecule has 1 heterocycles. The van der Waals surface area contributed by atoms with Crippen molar-refractivity contribution in [3.8, 4) is 0 Å². The average molecular weight is 210 g/mol. The van der Waals surface area contributed by atoms with Crippen LogP contribution >= 0.6 is 0 Å². The maximum absolute atomic E-state index is 11.9. The van der Waals surface area contributed by atoms with Crippen LogP contribution in [0.25, 0.3) is 0 Å². The summed E-state index contributed by atoms with van der Waals surface area (Å²) in [5, 5.41) is 6.79. The number of anilines is 1. The molecule has 1 rings (SSSR count). The first kappa shape index (κ1) is 11.7. The summed E-state index contributed by atoms with van der Waals surface area (Å²) < 4.78 is 1.62. The molecular formula is C10H18N4O. The monoisotopic (exact) mass is 210 g/mol. The number of nitrogens with one attached hydrogen (secondary N) is 1. The number of carbonyl (C=O) groups excluding carboxylic acids is 1. The van der Waals surface area contributed by atoms with E-state index in [1.807, 2.05) is 13.8 Å². The van der Waals surface area contributed by atoms with Crippen molar-refractivity contribution in [2.75, 3.05) is 11.9 Å². The fraction of sp³-hybridized carbons (Fsp3) is 0.600. The SMILES string of the molecule is CCC(C)(CN)C(=O)Nc1ccnn1C. The number of hydrogen-bond donors (Lipinski definition) is 2. The van der Waals surface area contributed by atoms with Crippen molar-refractivity contribution in [1.82, 2.24) is 9.78 Å². The predicted octanol–water partition coefficient (Wildman–Crippen LogP) is 0.734. The molecule has 0 aromatic carbocycles. The molecule has 15 heavy (non-hydrogen) atoms. The Kier molecular flexibility index (Phi) is 3.47. The van der Waals surface area contributed by atoms with E-state index in [4.69, 9.17) is 5.73 Å². The largest absolute Gasteiger partial charge is 0.329 e. The summed E-state index contributed by atoms with van der Waals surface area (Å²) in [6.07, 6.45) is 2.36. The van der Waals surface area contributed by atoms with Crippen LogP contribution in [0.15, 0.2) is 12.3 Å². The number of rotatable bonds is 4. The van der Waals surface area contributed by atoms with Crippen LogP contribution < -0.4 is 11.1 Å². The average Bonchev–Trinajstić information content (AvgIpc) is 2.63. The molecule has 0 bridgehead atoms. The van der Waals surface area contributed by atoms with Gasteiger partial charge in [-0.05, 0) is 13.3 Å². The van der Waals surface area contributed by atoms with E-state index in [9.17, 15) is 4.79 Å². The molecule has 1 aromatic rings. The van der Waals surface area contributed by atoms with Gasteiger partial charge in [-0.15, -0.1) is 0 Å². The van der Waals surface area contributed by atoms with Crippen molar-refractivity contribution in [3.05, 3.63) is 12.3 Å². The van der Waals surface area contributed by atoms with Crippen LogP contribution in [-0.4, -0.2) is 22.2 Å². The number of nitrogens with two attached hydrogens (primary N) is 1. The van der Waals surface area contributed by atoms with Gasteiger partial charge in [-0.25, -0.2) is 0 Å². The van der Waals surface area contributed by atoms with E-state index in [0.29, 0.717) is 18.8 Å². The third kappa shape index (κ3) is 2.36. The van der Waals surface area contributed by atoms with Gasteiger partial charge in [0.05, 0.1) is 11.6 Å². The summed E-state index contributed by atoms with van der Waals surface area (Å²) in [6, 6.07) is 1.75. The molecule has 0 aliphatic carbocycles. The molecule has 1 aromatic heterocycles. The lowest BCUT2D eigenvalue weighted by Gasteiger charge is -2.24. The number of nitrogens with zero attached hydrogens (tertiary/aromatic N) is 2. The first-order valence-electron chi connectivity index (χ1n) is 5.03. The zero-order chi connectivity index (χ0) is 11.5. The minimum atomic E-state index is -0.510. The van der Waals surface area contributed by atoms with E-state index in [1.54, 1.807) is 24.0 Å². The third-order valence-corrected chi connectivity index (χ3v) is 2.84. The summed E-state index contributed by atoms with van der Waals surface area (Å²) in [7, 11) is 1.78. The Morgan fingerprint density at radius 1 is 1.73 bits per heavy atom. The van der Waals surface area contributed by atoms with Crippen LogP contribution in [0.4, 0.5) is 5.82 Å². The first-order chi connectivity index (χ1) is 7.03. The molecule has 5 heteroatoms. The summed E-state index contributed by atoms with van der Waals surface area (Å²) in [6.45, 7) is 4.15. The minimum Gasteiger partial charge on any atom is -0.329 e. The molecule has 0 aliphatic heterocycles. The van der Waals surface area contributed by atoms with Crippen molar-refractivity contribution in [2.24, 2.45) is 18.2 Å². The van der Waals surface area contributed by atoms with Gasteiger partial charge >= 0.3 is 0 Å². The maximum atomic E-state index is 11.9. The zero-order valence-corrected chi connectivity index (χ0v) is 9.45. The molecule has 1 atom stereocenters. The molecule has 0 saturated heterocycles. The Labute approximate surface area is 89.6 Å². The van der Waals surface area contributed by atoms with Crippen LogP contribution in [-0.2, 0) is 11.8 Å². The Bertz CT molecular complexity index is 341. The highest BCUT2D eigenvalue weighted by Gasteiger charge is 2.29. The van der Waals surface area contributed by atoms with E-state index in [0.717, 1.165) is 0 Å². The Morgan fingerprint density at radius 3 is 2.80 bits per heavy atom. The van der Waals surface area contributed by atoms with Gasteiger partial charge < -0.3 is 11.1 Å². The Morgan fingerprint density at radius 2 is 2.40 bits per heavy atom. The van der Waals surface area contributed by atoms with Crippen LogP contribution in [0.5, 0.6) is 0 Å². The lowest BCUT2D eigenvalue weighted by molar-refractivity contribution is -0.124. The fourth-order valence-electron chi connectivity index (χ4n) is 1.16. The molecule has 0 saturated carbocycles. The fourth-order valence-corrected chi connectivity index (χ4v) is 1.16. The van der Waals surface area contributed by atoms with Crippen molar-refractivity contribution >= 4 is 11.7 Å². The number of carbonyl (C=O) groups is 1. The number of aryl methyl sites for hydroxylation is 1. The topological polar surface area (TPSA) is 72.9 Å². The minimum absolute atomic E-state index is 0.0592. The zero-order valence-electron chi connectivity index (χ0n) is 9.45. The lowest BCUT2D eigenvalue weighted by atomic mass is 9.87. The highest BCUT2D eigenvalue weighted by atomic mass is 16.2. The van der Waals surface area contributed by atoms with Gasteiger partial charge in [-0.1, -0.05) is 6.92 Å². The quantitative estimate of drug-likeness (QED) is 0.769. The van der Waals surface area contributed by atoms with Crippen molar-refractivity contribution in [1.29, 1.82) is 0 Å². The number of hydrogen-bond acceptors (Lipinski definition) is 3. The third-order valence-electron chi connectivity index (χ3n) is 2.84. The molecule has 1 unspecified atom stereocenters. The van der Waals surface area contributed by atoms with Gasteiger partial charge in [0.15, 0.2) is 0 Å². The number of amides is 1. The maximum Gasteiger partial charge on any atom is 0.232 e. The molecule has 84 valence electrons. The molecule has 0 spiro atoms. The second kappa shape index (κ2) is 4.44. The Balaban J connectivity index is 2.75. The van der Waals surface area contributed by atoms with Gasteiger partial charge in [0.2, 0.25) is 5.91 Å². The molecule has 3 N–H and O–H groups in total. The van der Waals surface area contributed by atoms with E-state index in [-0.39, 0.29) is 5.91 Å². The van der Waals surface area contributed by atoms with E-state index in [2.05, 4.69) is 10.4 Å². The molecule has 0 fully saturated rings. The normalized spacial score (nSPS) is 14.7. The smallest absolute Gasteiger partial charge is 0.232 e. The molecule has 0 aliphatic rings. The predicted molar refractivity (Wildman–Crippen MR) is 59.3 cm³/mol. The Hall–Kier alpha value is -1.36. The molecule has 1 amide bonds. The summed E-state index contributed by atoms with van der Waals surface area (Å²) in [5.74, 6) is 0.629. The van der Waals surface area contributed by atoms with E-state index < -0.39 is 5.41 Å². The van der Waals surface area contributed by atoms with Crippen LogP contribution in [0.1, 0.15) is 20.3 Å². The van der Waals surface area contributed by atoms with Crippen LogP contribution in [0.2, 0.25) is 0 Å². The molecule has 0 radical (unpaired) electrons. The second-order valence-corrected chi connectivity index (χ2v) is 3.91. The standard InChI is InChI=1S/C10H18N4O/c1-4-10(2,7-11)9(15)13-8-5-6-12-14(8)3/h5-6H,4,7,11H2,1-3H3,(H,13,15). The van der Waals surface area contributed by atoms with Crippen molar-refractivity contribution in [3.63, 3.8) is 0 Å². The first-order valence-corrected chi connectivity index (χ1v) is 5.03. The van der Waals surface area contributed by atoms with Gasteiger partial charge in [0, 0.05) is 19.7 Å². The lowest BCUT2D eigenvalue weighted by Crippen LogP contribution is -2.39. The number of aromatic nitrogens is 2. The van der Waals surface area contributed by atoms with Gasteiger partial charge in [0.25, 0.3) is 0 Å². The van der Waals surface area contributed by atoms with Gasteiger partial charge in [-0.2, -0.15) is 5.10 Å². The van der Waals surface area contributed by atoms with Crippen molar-refractivity contribution < 1.29 is 4.79 Å². The van der Waals surface area contributed by atoms with Crippen LogP contribution in [0.3, 0.4) is 0 Å². The molecular weight excluding hydrogens is 192 g/mol. The highest BCUT2D eigenvalue weighted by molar-refractivity contribution is 5.94. The summed E-state index contributed by atoms with van der Waals surface area (Å²) >= 11 is 0. The van der Waals surface area contributed by atoms with Gasteiger partial charge in [-0.3, -0.25) is 9.48 Å². The molecule has 5 nitrogen and oxygen atoms in total. The summed E-state index contributed by atoms with van der Waals surface area (Å²) in [4.78, 5) is 11.9. The second-order valence-electron chi connectivity index (χ2n) is 3.91. The van der Waals surface area contributed by atoms with Crippen molar-refractivity contribution in [2.45, 2.75) is 20.3 Å². The van der Waals surface area contributed by atoms with Gasteiger partial charge in [0.1, 0.15) is 5.82 Å². The van der Waals surface area contributed by atoms with E-state index >= 15 is 0 Å². The van der Waals surface area contributed by atoms with E-state index in [1.165, 1.54) is 0 Å². The van der Waals surface area contributed by atoms with Crippen LogP contribution in [0, 0.1) is 5.41 Å².